The summed E-state index contributed by atoms with van der Waals surface area (Å²) < 4.78 is 2.16. The lowest BCUT2D eigenvalue weighted by molar-refractivity contribution is -0.687. The van der Waals surface area contributed by atoms with E-state index in [1.165, 1.54) is 16.0 Å². The van der Waals surface area contributed by atoms with Crippen LogP contribution in [0.15, 0.2) is 66.3 Å². The van der Waals surface area contributed by atoms with Crippen LogP contribution in [-0.2, 0) is 12.3 Å². The van der Waals surface area contributed by atoms with Gasteiger partial charge >= 0.3 is 0 Å². The zero-order valence-corrected chi connectivity index (χ0v) is 11.5. The Hall–Kier alpha value is -1.54. The summed E-state index contributed by atoms with van der Waals surface area (Å²) in [5.41, 5.74) is 2.63. The largest absolute Gasteiger partial charge is 0.200 e. The van der Waals surface area contributed by atoms with Crippen LogP contribution in [0.3, 0.4) is 0 Å². The first-order chi connectivity index (χ1) is 8.74. The van der Waals surface area contributed by atoms with E-state index in [1.807, 2.05) is 17.8 Å². The first-order valence-electron chi connectivity index (χ1n) is 6.04. The molecular formula is C16H18NS+. The van der Waals surface area contributed by atoms with Crippen molar-refractivity contribution in [3.8, 4) is 0 Å². The van der Waals surface area contributed by atoms with E-state index in [4.69, 9.17) is 0 Å². The number of allylic oxidation sites excluding steroid dienone is 1. The lowest BCUT2D eigenvalue weighted by atomic mass is 10.2. The SMILES string of the molecule is C=C(C[n+]1ccc(C)cc1)SCc1ccccc1. The number of pyridine rings is 1. The van der Waals surface area contributed by atoms with Gasteiger partial charge in [0.05, 0.1) is 0 Å². The van der Waals surface area contributed by atoms with Gasteiger partial charge in [0.1, 0.15) is 0 Å². The molecule has 2 rings (SSSR count). The zero-order valence-electron chi connectivity index (χ0n) is 10.7. The summed E-state index contributed by atoms with van der Waals surface area (Å²) in [5.74, 6) is 0.992. The summed E-state index contributed by atoms with van der Waals surface area (Å²) in [7, 11) is 0. The number of nitrogens with zero attached hydrogens (tertiary/aromatic N) is 1. The highest BCUT2D eigenvalue weighted by Gasteiger charge is 2.04. The van der Waals surface area contributed by atoms with E-state index in [-0.39, 0.29) is 0 Å². The van der Waals surface area contributed by atoms with Gasteiger partial charge in [0, 0.05) is 22.8 Å². The number of thioether (sulfide) groups is 1. The van der Waals surface area contributed by atoms with Crippen LogP contribution in [0, 0.1) is 6.92 Å². The molecule has 1 aromatic heterocycles. The molecule has 0 radical (unpaired) electrons. The van der Waals surface area contributed by atoms with Crippen molar-refractivity contribution in [2.45, 2.75) is 19.2 Å². The van der Waals surface area contributed by atoms with E-state index < -0.39 is 0 Å². The molecule has 0 aliphatic heterocycles. The fourth-order valence-corrected chi connectivity index (χ4v) is 2.45. The molecule has 92 valence electrons. The maximum atomic E-state index is 4.13. The van der Waals surface area contributed by atoms with Gasteiger partial charge in [-0.2, -0.15) is 0 Å². The Bertz CT molecular complexity index is 502. The highest BCUT2D eigenvalue weighted by molar-refractivity contribution is 8.02. The van der Waals surface area contributed by atoms with Crippen molar-refractivity contribution in [3.05, 3.63) is 77.5 Å². The Morgan fingerprint density at radius 3 is 2.44 bits per heavy atom. The van der Waals surface area contributed by atoms with Crippen LogP contribution in [0.4, 0.5) is 0 Å². The number of aryl methyl sites for hydroxylation is 1. The summed E-state index contributed by atoms with van der Waals surface area (Å²) in [4.78, 5) is 1.19. The minimum Gasteiger partial charge on any atom is -0.200 e. The standard InChI is InChI=1S/C16H18NS/c1-14-8-10-17(11-9-14)12-15(2)18-13-16-6-4-3-5-7-16/h3-11H,2,12-13H2,1H3/q+1. The molecule has 0 amide bonds. The minimum atomic E-state index is 0.873. The molecule has 0 fully saturated rings. The summed E-state index contributed by atoms with van der Waals surface area (Å²) in [5, 5.41) is 0. The molecule has 0 N–H and O–H groups in total. The summed E-state index contributed by atoms with van der Waals surface area (Å²) in [6, 6.07) is 14.7. The third kappa shape index (κ3) is 4.04. The minimum absolute atomic E-state index is 0.873. The van der Waals surface area contributed by atoms with E-state index >= 15 is 0 Å². The number of rotatable bonds is 5. The van der Waals surface area contributed by atoms with Gasteiger partial charge in [0.15, 0.2) is 18.9 Å². The molecular weight excluding hydrogens is 238 g/mol. The average molecular weight is 256 g/mol. The van der Waals surface area contributed by atoms with Crippen molar-refractivity contribution >= 4 is 11.8 Å². The smallest absolute Gasteiger partial charge is 0.178 e. The topological polar surface area (TPSA) is 3.88 Å². The molecule has 18 heavy (non-hydrogen) atoms. The van der Waals surface area contributed by atoms with Gasteiger partial charge in [-0.25, -0.2) is 4.57 Å². The average Bonchev–Trinajstić information content (AvgIpc) is 2.40. The van der Waals surface area contributed by atoms with Crippen molar-refractivity contribution < 1.29 is 4.57 Å². The second kappa shape index (κ2) is 6.41. The van der Waals surface area contributed by atoms with Crippen LogP contribution < -0.4 is 4.57 Å². The predicted molar refractivity (Wildman–Crippen MR) is 78.3 cm³/mol. The number of aromatic nitrogens is 1. The molecule has 2 aromatic rings. The van der Waals surface area contributed by atoms with Gasteiger partial charge in [-0.1, -0.05) is 36.9 Å². The third-order valence-electron chi connectivity index (χ3n) is 2.70. The van der Waals surface area contributed by atoms with Crippen molar-refractivity contribution in [2.24, 2.45) is 0 Å². The molecule has 0 unspecified atom stereocenters. The molecule has 0 spiro atoms. The van der Waals surface area contributed by atoms with E-state index in [0.29, 0.717) is 0 Å². The Balaban J connectivity index is 1.84. The zero-order chi connectivity index (χ0) is 12.8. The summed E-state index contributed by atoms with van der Waals surface area (Å²) >= 11 is 1.81. The Morgan fingerprint density at radius 1 is 1.11 bits per heavy atom. The molecule has 0 aliphatic rings. The number of hydrogen-bond acceptors (Lipinski definition) is 1. The van der Waals surface area contributed by atoms with Crippen molar-refractivity contribution in [2.75, 3.05) is 0 Å². The molecule has 1 nitrogen and oxygen atoms in total. The van der Waals surface area contributed by atoms with Crippen molar-refractivity contribution in [1.82, 2.24) is 0 Å². The number of benzene rings is 1. The van der Waals surface area contributed by atoms with Gasteiger partial charge in [-0.15, -0.1) is 11.8 Å². The Labute approximate surface area is 113 Å². The van der Waals surface area contributed by atoms with E-state index in [0.717, 1.165) is 12.3 Å². The highest BCUT2D eigenvalue weighted by atomic mass is 32.2. The fraction of sp³-hybridized carbons (Fsp3) is 0.188. The van der Waals surface area contributed by atoms with E-state index in [9.17, 15) is 0 Å². The van der Waals surface area contributed by atoms with Gasteiger partial charge in [-0.05, 0) is 18.1 Å². The molecule has 0 saturated carbocycles. The third-order valence-corrected chi connectivity index (χ3v) is 3.72. The first kappa shape index (κ1) is 12.9. The predicted octanol–water partition coefficient (Wildman–Crippen LogP) is 3.73. The van der Waals surface area contributed by atoms with Crippen LogP contribution in [-0.4, -0.2) is 0 Å². The van der Waals surface area contributed by atoms with Crippen LogP contribution in [0.5, 0.6) is 0 Å². The molecule has 0 atom stereocenters. The quantitative estimate of drug-likeness (QED) is 0.737. The molecule has 2 heteroatoms. The van der Waals surface area contributed by atoms with Crippen molar-refractivity contribution in [3.63, 3.8) is 0 Å². The molecule has 1 aromatic carbocycles. The molecule has 0 aliphatic carbocycles. The second-order valence-electron chi connectivity index (χ2n) is 4.36. The normalized spacial score (nSPS) is 10.3. The maximum Gasteiger partial charge on any atom is 0.178 e. The monoisotopic (exact) mass is 256 g/mol. The molecule has 1 heterocycles. The summed E-state index contributed by atoms with van der Waals surface area (Å²) in [6.45, 7) is 7.10. The van der Waals surface area contributed by atoms with Gasteiger partial charge in [-0.3, -0.25) is 0 Å². The van der Waals surface area contributed by atoms with Gasteiger partial charge in [0.2, 0.25) is 0 Å². The lowest BCUT2D eigenvalue weighted by Crippen LogP contribution is -2.32. The first-order valence-corrected chi connectivity index (χ1v) is 7.03. The second-order valence-corrected chi connectivity index (χ2v) is 5.52. The number of hydrogen-bond donors (Lipinski definition) is 0. The highest BCUT2D eigenvalue weighted by Crippen LogP contribution is 2.19. The van der Waals surface area contributed by atoms with E-state index in [1.54, 1.807) is 0 Å². The fourth-order valence-electron chi connectivity index (χ4n) is 1.65. The molecule has 0 bridgehead atoms. The maximum absolute atomic E-state index is 4.13. The van der Waals surface area contributed by atoms with Gasteiger partial charge in [0.25, 0.3) is 0 Å². The van der Waals surface area contributed by atoms with Crippen LogP contribution in [0.25, 0.3) is 0 Å². The van der Waals surface area contributed by atoms with Gasteiger partial charge < -0.3 is 0 Å². The van der Waals surface area contributed by atoms with E-state index in [2.05, 4.69) is 66.9 Å². The van der Waals surface area contributed by atoms with Crippen LogP contribution >= 0.6 is 11.8 Å². The van der Waals surface area contributed by atoms with Crippen LogP contribution in [0.2, 0.25) is 0 Å². The molecule has 0 saturated heterocycles. The lowest BCUT2D eigenvalue weighted by Gasteiger charge is -2.03. The van der Waals surface area contributed by atoms with Crippen LogP contribution in [0.1, 0.15) is 11.1 Å². The Kier molecular flexibility index (Phi) is 4.59. The Morgan fingerprint density at radius 2 is 1.78 bits per heavy atom. The summed E-state index contributed by atoms with van der Waals surface area (Å²) in [6.07, 6.45) is 4.20. The van der Waals surface area contributed by atoms with Crippen molar-refractivity contribution in [1.29, 1.82) is 0 Å².